The average Bonchev–Trinajstić information content (AvgIpc) is 2.59. The first-order valence-corrected chi connectivity index (χ1v) is 11.2. The van der Waals surface area contributed by atoms with E-state index in [2.05, 4.69) is 13.0 Å². The molecule has 2 unspecified atom stereocenters. The second-order valence-electron chi connectivity index (χ2n) is 8.96. The van der Waals surface area contributed by atoms with Crippen molar-refractivity contribution in [1.82, 2.24) is 0 Å². The Bertz CT molecular complexity index is 470. The molecule has 0 aliphatic heterocycles. The van der Waals surface area contributed by atoms with Crippen LogP contribution in [0.15, 0.2) is 12.2 Å². The lowest BCUT2D eigenvalue weighted by Crippen LogP contribution is -2.45. The number of hydrogen-bond acceptors (Lipinski definition) is 5. The number of carboxylic acid groups (broad SMARTS) is 1. The van der Waals surface area contributed by atoms with Crippen LogP contribution in [0.2, 0.25) is 0 Å². The third-order valence-electron chi connectivity index (χ3n) is 4.66. The second-order valence-corrected chi connectivity index (χ2v) is 8.96. The van der Waals surface area contributed by atoms with Gasteiger partial charge in [-0.3, -0.25) is 4.79 Å². The van der Waals surface area contributed by atoms with Crippen molar-refractivity contribution < 1.29 is 29.0 Å². The van der Waals surface area contributed by atoms with Gasteiger partial charge in [-0.2, -0.15) is 0 Å². The lowest BCUT2D eigenvalue weighted by Gasteiger charge is -2.29. The maximum absolute atomic E-state index is 12.0. The highest BCUT2D eigenvalue weighted by atomic mass is 16.5. The van der Waals surface area contributed by atoms with Crippen molar-refractivity contribution in [2.45, 2.75) is 96.2 Å². The van der Waals surface area contributed by atoms with Gasteiger partial charge in [0.15, 0.2) is 6.10 Å². The van der Waals surface area contributed by atoms with E-state index in [0.717, 1.165) is 64.2 Å². The summed E-state index contributed by atoms with van der Waals surface area (Å²) in [5.74, 6) is -1.52. The van der Waals surface area contributed by atoms with E-state index in [1.807, 2.05) is 27.2 Å². The molecule has 0 aromatic rings. The highest BCUT2D eigenvalue weighted by Gasteiger charge is 2.22. The normalized spacial score (nSPS) is 14.1. The number of nitrogens with zero attached hydrogens (tertiary/aromatic N) is 1. The summed E-state index contributed by atoms with van der Waals surface area (Å²) >= 11 is 0. The minimum Gasteiger partial charge on any atom is -0.550 e. The molecule has 29 heavy (non-hydrogen) atoms. The molecule has 0 bridgehead atoms. The maximum atomic E-state index is 12.0. The highest BCUT2D eigenvalue weighted by molar-refractivity contribution is 5.70. The van der Waals surface area contributed by atoms with E-state index < -0.39 is 12.1 Å². The average molecular weight is 414 g/mol. The van der Waals surface area contributed by atoms with Crippen LogP contribution >= 0.6 is 0 Å². The third kappa shape index (κ3) is 19.7. The summed E-state index contributed by atoms with van der Waals surface area (Å²) in [6.45, 7) is 2.57. The Kier molecular flexibility index (Phi) is 15.6. The maximum Gasteiger partial charge on any atom is 0.306 e. The monoisotopic (exact) mass is 413 g/mol. The molecular weight excluding hydrogens is 370 g/mol. The molecule has 0 aromatic heterocycles. The van der Waals surface area contributed by atoms with E-state index in [-0.39, 0.29) is 18.5 Å². The molecule has 170 valence electrons. The fraction of sp³-hybridized carbons (Fsp3) is 0.826. The number of unbranched alkanes of at least 4 members (excludes halogenated alkanes) is 7. The van der Waals surface area contributed by atoms with Crippen molar-refractivity contribution in [2.24, 2.45) is 0 Å². The lowest BCUT2D eigenvalue weighted by atomic mass is 10.1. The van der Waals surface area contributed by atoms with Crippen molar-refractivity contribution in [1.29, 1.82) is 0 Å². The Labute approximate surface area is 177 Å². The molecule has 6 heteroatoms. The molecule has 2 atom stereocenters. The predicted octanol–water partition coefficient (Wildman–Crippen LogP) is 2.97. The molecule has 0 amide bonds. The summed E-state index contributed by atoms with van der Waals surface area (Å²) in [7, 11) is 5.79. The number of likely N-dealkylation sites (N-methyl/N-ethyl adjacent to an activating group) is 1. The Morgan fingerprint density at radius 2 is 1.66 bits per heavy atom. The molecule has 1 N–H and O–H groups in total. The highest BCUT2D eigenvalue weighted by Crippen LogP contribution is 2.12. The molecule has 0 saturated heterocycles. The quantitative estimate of drug-likeness (QED) is 0.162. The van der Waals surface area contributed by atoms with Gasteiger partial charge in [0.25, 0.3) is 0 Å². The van der Waals surface area contributed by atoms with Gasteiger partial charge in [0.05, 0.1) is 27.2 Å². The number of ether oxygens (including phenoxy) is 1. The molecular formula is C23H43NO5. The summed E-state index contributed by atoms with van der Waals surface area (Å²) in [5.41, 5.74) is 0. The van der Waals surface area contributed by atoms with Crippen LogP contribution < -0.4 is 5.11 Å². The Hall–Kier alpha value is -1.40. The standard InChI is InChI=1S/C23H43NO5/c1-5-6-15-20(25)16-13-11-9-7-8-10-12-14-17-23(28)29-21(18-22(26)27)19-24(2,3)4/h13,16,20-21,25H,5-12,14-15,17-19H2,1-4H3/b16-13+. The molecule has 0 saturated carbocycles. The SMILES string of the molecule is CCCCC(O)/C=C/CCCCCCCCC(=O)OC(CC(=O)[O-])C[N+](C)(C)C. The number of hydrogen-bond donors (Lipinski definition) is 1. The van der Waals surface area contributed by atoms with Gasteiger partial charge in [-0.05, 0) is 25.7 Å². The van der Waals surface area contributed by atoms with Crippen LogP contribution in [0.1, 0.15) is 84.0 Å². The van der Waals surface area contributed by atoms with Crippen molar-refractivity contribution in [3.05, 3.63) is 12.2 Å². The number of aliphatic hydroxyl groups is 1. The zero-order chi connectivity index (χ0) is 22.1. The van der Waals surface area contributed by atoms with E-state index >= 15 is 0 Å². The van der Waals surface area contributed by atoms with Gasteiger partial charge in [-0.1, -0.05) is 57.6 Å². The van der Waals surface area contributed by atoms with Gasteiger partial charge in [-0.15, -0.1) is 0 Å². The Balaban J connectivity index is 3.77. The predicted molar refractivity (Wildman–Crippen MR) is 114 cm³/mol. The van der Waals surface area contributed by atoms with Crippen LogP contribution in [-0.2, 0) is 14.3 Å². The number of aliphatic carboxylic acids is 1. The number of carbonyl (C=O) groups excluding carboxylic acids is 2. The summed E-state index contributed by atoms with van der Waals surface area (Å²) < 4.78 is 5.88. The first-order valence-electron chi connectivity index (χ1n) is 11.2. The number of aliphatic hydroxyl groups excluding tert-OH is 1. The van der Waals surface area contributed by atoms with Crippen LogP contribution in [0.5, 0.6) is 0 Å². The third-order valence-corrected chi connectivity index (χ3v) is 4.66. The van der Waals surface area contributed by atoms with Crippen LogP contribution in [0.25, 0.3) is 0 Å². The summed E-state index contributed by atoms with van der Waals surface area (Å²) in [5, 5.41) is 20.6. The zero-order valence-corrected chi connectivity index (χ0v) is 19.0. The summed E-state index contributed by atoms with van der Waals surface area (Å²) in [6.07, 6.45) is 13.4. The van der Waals surface area contributed by atoms with E-state index in [4.69, 9.17) is 4.74 Å². The smallest absolute Gasteiger partial charge is 0.306 e. The Morgan fingerprint density at radius 3 is 2.24 bits per heavy atom. The van der Waals surface area contributed by atoms with Gasteiger partial charge in [-0.25, -0.2) is 0 Å². The summed E-state index contributed by atoms with van der Waals surface area (Å²) in [4.78, 5) is 22.8. The van der Waals surface area contributed by atoms with Gasteiger partial charge in [0.1, 0.15) is 6.54 Å². The molecule has 0 aliphatic carbocycles. The molecule has 0 radical (unpaired) electrons. The van der Waals surface area contributed by atoms with Crippen LogP contribution in [-0.4, -0.2) is 61.4 Å². The number of allylic oxidation sites excluding steroid dienone is 1. The largest absolute Gasteiger partial charge is 0.550 e. The van der Waals surface area contributed by atoms with Crippen LogP contribution in [0.3, 0.4) is 0 Å². The van der Waals surface area contributed by atoms with Crippen molar-refractivity contribution >= 4 is 11.9 Å². The first-order chi connectivity index (χ1) is 13.6. The topological polar surface area (TPSA) is 86.7 Å². The molecule has 0 spiro atoms. The number of carbonyl (C=O) groups is 2. The second kappa shape index (κ2) is 16.4. The lowest BCUT2D eigenvalue weighted by molar-refractivity contribution is -0.873. The van der Waals surface area contributed by atoms with E-state index in [1.54, 1.807) is 0 Å². The number of quaternary nitrogens is 1. The van der Waals surface area contributed by atoms with Crippen molar-refractivity contribution in [3.63, 3.8) is 0 Å². The zero-order valence-electron chi connectivity index (χ0n) is 19.0. The Morgan fingerprint density at radius 1 is 1.03 bits per heavy atom. The van der Waals surface area contributed by atoms with Gasteiger partial charge < -0.3 is 24.2 Å². The number of esters is 1. The molecule has 0 fully saturated rings. The van der Waals surface area contributed by atoms with Gasteiger partial charge >= 0.3 is 5.97 Å². The summed E-state index contributed by atoms with van der Waals surface area (Å²) in [6, 6.07) is 0. The van der Waals surface area contributed by atoms with Crippen LogP contribution in [0, 0.1) is 0 Å². The minimum absolute atomic E-state index is 0.259. The molecule has 0 aromatic carbocycles. The fourth-order valence-corrected chi connectivity index (χ4v) is 3.19. The van der Waals surface area contributed by atoms with Crippen molar-refractivity contribution in [3.8, 4) is 0 Å². The van der Waals surface area contributed by atoms with E-state index in [0.29, 0.717) is 17.4 Å². The van der Waals surface area contributed by atoms with Crippen LogP contribution in [0.4, 0.5) is 0 Å². The fourth-order valence-electron chi connectivity index (χ4n) is 3.19. The first kappa shape index (κ1) is 27.6. The van der Waals surface area contributed by atoms with Gasteiger partial charge in [0.2, 0.25) is 0 Å². The van der Waals surface area contributed by atoms with Crippen molar-refractivity contribution in [2.75, 3.05) is 27.7 Å². The molecule has 0 heterocycles. The minimum atomic E-state index is -1.19. The van der Waals surface area contributed by atoms with E-state index in [1.165, 1.54) is 0 Å². The van der Waals surface area contributed by atoms with Gasteiger partial charge in [0, 0.05) is 18.8 Å². The number of rotatable bonds is 18. The van der Waals surface area contributed by atoms with E-state index in [9.17, 15) is 19.8 Å². The molecule has 0 aliphatic rings. The number of carboxylic acids is 1. The molecule has 0 rings (SSSR count). The molecule has 6 nitrogen and oxygen atoms in total.